The van der Waals surface area contributed by atoms with Crippen molar-refractivity contribution < 1.29 is 0 Å². The topological polar surface area (TPSA) is 29.9 Å². The van der Waals surface area contributed by atoms with Crippen molar-refractivity contribution in [3.8, 4) is 0 Å². The predicted octanol–water partition coefficient (Wildman–Crippen LogP) is 3.06. The van der Waals surface area contributed by atoms with Crippen molar-refractivity contribution in [2.45, 2.75) is 52.1 Å². The van der Waals surface area contributed by atoms with Gasteiger partial charge >= 0.3 is 0 Å². The first kappa shape index (κ1) is 10.5. The van der Waals surface area contributed by atoms with Crippen molar-refractivity contribution >= 4 is 5.95 Å². The molecule has 3 heteroatoms. The van der Waals surface area contributed by atoms with Gasteiger partial charge in [-0.2, -0.15) is 0 Å². The summed E-state index contributed by atoms with van der Waals surface area (Å²) in [5, 5.41) is 3.50. The molecule has 1 aromatic heterocycles. The van der Waals surface area contributed by atoms with E-state index in [1.807, 2.05) is 12.4 Å². The van der Waals surface area contributed by atoms with Crippen LogP contribution in [0.25, 0.3) is 0 Å². The van der Waals surface area contributed by atoms with Crippen LogP contribution in [-0.4, -0.2) is 15.6 Å². The van der Waals surface area contributed by atoms with Crippen LogP contribution in [0.3, 0.4) is 0 Å². The second-order valence-corrected chi connectivity index (χ2v) is 4.98. The maximum Gasteiger partial charge on any atom is 0.203 e. The fourth-order valence-electron chi connectivity index (χ4n) is 1.97. The lowest BCUT2D eigenvalue weighted by Gasteiger charge is -2.17. The molecule has 84 valence electrons. The minimum atomic E-state index is 0.475. The van der Waals surface area contributed by atoms with Gasteiger partial charge in [0.2, 0.25) is 5.95 Å². The highest BCUT2D eigenvalue weighted by atomic mass is 15.2. The van der Waals surface area contributed by atoms with Gasteiger partial charge in [-0.3, -0.25) is 0 Å². The summed E-state index contributed by atoms with van der Waals surface area (Å²) in [5.41, 5.74) is 0. The van der Waals surface area contributed by atoms with E-state index in [1.54, 1.807) is 0 Å². The number of aromatic nitrogens is 2. The van der Waals surface area contributed by atoms with Gasteiger partial charge in [0.15, 0.2) is 0 Å². The van der Waals surface area contributed by atoms with E-state index in [0.29, 0.717) is 12.1 Å². The zero-order valence-electron chi connectivity index (χ0n) is 9.90. The van der Waals surface area contributed by atoms with Crippen molar-refractivity contribution in [1.29, 1.82) is 0 Å². The van der Waals surface area contributed by atoms with Gasteiger partial charge in [-0.1, -0.05) is 12.8 Å². The minimum Gasteiger partial charge on any atom is -0.353 e. The Hall–Kier alpha value is -0.990. The van der Waals surface area contributed by atoms with Gasteiger partial charge in [-0.05, 0) is 33.1 Å². The number of imidazole rings is 1. The largest absolute Gasteiger partial charge is 0.353 e. The molecule has 1 aromatic rings. The molecule has 1 N–H and O–H groups in total. The second-order valence-electron chi connectivity index (χ2n) is 4.98. The van der Waals surface area contributed by atoms with E-state index in [9.17, 15) is 0 Å². The normalized spacial score (nSPS) is 18.1. The van der Waals surface area contributed by atoms with Crippen LogP contribution in [0.4, 0.5) is 5.95 Å². The first-order chi connectivity index (χ1) is 7.16. The van der Waals surface area contributed by atoms with Crippen LogP contribution in [0.1, 0.15) is 46.1 Å². The monoisotopic (exact) mass is 207 g/mol. The molecule has 0 aromatic carbocycles. The molecule has 1 heterocycles. The van der Waals surface area contributed by atoms with Crippen LogP contribution in [-0.2, 0) is 0 Å². The molecule has 3 nitrogen and oxygen atoms in total. The molecule has 0 spiro atoms. The SMILES string of the molecule is CC(CC1CC1)Nc1nccn1C(C)C. The molecule has 0 bridgehead atoms. The van der Waals surface area contributed by atoms with Gasteiger partial charge in [0, 0.05) is 24.5 Å². The van der Waals surface area contributed by atoms with Crippen LogP contribution in [0.15, 0.2) is 12.4 Å². The smallest absolute Gasteiger partial charge is 0.203 e. The Morgan fingerprint density at radius 3 is 2.80 bits per heavy atom. The van der Waals surface area contributed by atoms with Gasteiger partial charge in [0.05, 0.1) is 0 Å². The van der Waals surface area contributed by atoms with Crippen LogP contribution >= 0.6 is 0 Å². The van der Waals surface area contributed by atoms with E-state index in [4.69, 9.17) is 0 Å². The molecule has 2 rings (SSSR count). The highest BCUT2D eigenvalue weighted by molar-refractivity contribution is 5.28. The number of hydrogen-bond acceptors (Lipinski definition) is 2. The summed E-state index contributed by atoms with van der Waals surface area (Å²) in [6, 6.07) is 1.01. The molecule has 0 aliphatic heterocycles. The molecule has 1 aliphatic rings. The van der Waals surface area contributed by atoms with E-state index in [2.05, 4.69) is 35.6 Å². The third-order valence-electron chi connectivity index (χ3n) is 2.98. The van der Waals surface area contributed by atoms with Crippen molar-refractivity contribution in [3.63, 3.8) is 0 Å². The Bertz CT molecular complexity index is 312. The molecule has 1 aliphatic carbocycles. The number of anilines is 1. The molecule has 0 amide bonds. The molecule has 0 saturated heterocycles. The second kappa shape index (κ2) is 4.25. The van der Waals surface area contributed by atoms with Crippen molar-refractivity contribution in [2.75, 3.05) is 5.32 Å². The van der Waals surface area contributed by atoms with E-state index in [1.165, 1.54) is 19.3 Å². The fourth-order valence-corrected chi connectivity index (χ4v) is 1.97. The van der Waals surface area contributed by atoms with Crippen molar-refractivity contribution in [2.24, 2.45) is 5.92 Å². The van der Waals surface area contributed by atoms with E-state index >= 15 is 0 Å². The summed E-state index contributed by atoms with van der Waals surface area (Å²) in [4.78, 5) is 4.36. The average molecular weight is 207 g/mol. The van der Waals surface area contributed by atoms with Crippen LogP contribution in [0.5, 0.6) is 0 Å². The molecule has 15 heavy (non-hydrogen) atoms. The van der Waals surface area contributed by atoms with Crippen LogP contribution in [0.2, 0.25) is 0 Å². The van der Waals surface area contributed by atoms with Crippen molar-refractivity contribution in [3.05, 3.63) is 12.4 Å². The summed E-state index contributed by atoms with van der Waals surface area (Å²) >= 11 is 0. The number of rotatable bonds is 5. The first-order valence-corrected chi connectivity index (χ1v) is 5.96. The Morgan fingerprint density at radius 1 is 1.47 bits per heavy atom. The maximum absolute atomic E-state index is 4.36. The van der Waals surface area contributed by atoms with Gasteiger partial charge in [0.1, 0.15) is 0 Å². The Labute approximate surface area is 91.9 Å². The summed E-state index contributed by atoms with van der Waals surface area (Å²) in [6.45, 7) is 6.61. The summed E-state index contributed by atoms with van der Waals surface area (Å²) in [7, 11) is 0. The Morgan fingerprint density at radius 2 is 2.20 bits per heavy atom. The molecular formula is C12H21N3. The maximum atomic E-state index is 4.36. The van der Waals surface area contributed by atoms with E-state index in [-0.39, 0.29) is 0 Å². The summed E-state index contributed by atoms with van der Waals surface area (Å²) < 4.78 is 2.18. The highest BCUT2D eigenvalue weighted by Gasteiger charge is 2.24. The van der Waals surface area contributed by atoms with Gasteiger partial charge in [-0.25, -0.2) is 4.98 Å². The molecular weight excluding hydrogens is 186 g/mol. The van der Waals surface area contributed by atoms with Crippen molar-refractivity contribution in [1.82, 2.24) is 9.55 Å². The summed E-state index contributed by atoms with van der Waals surface area (Å²) in [5.74, 6) is 1.98. The molecule has 1 fully saturated rings. The van der Waals surface area contributed by atoms with Crippen LogP contribution in [0, 0.1) is 5.92 Å². The van der Waals surface area contributed by atoms with Gasteiger partial charge in [-0.15, -0.1) is 0 Å². The number of hydrogen-bond donors (Lipinski definition) is 1. The third kappa shape index (κ3) is 2.74. The fraction of sp³-hybridized carbons (Fsp3) is 0.750. The quantitative estimate of drug-likeness (QED) is 0.804. The molecule has 0 radical (unpaired) electrons. The lowest BCUT2D eigenvalue weighted by molar-refractivity contribution is 0.585. The molecule has 1 saturated carbocycles. The summed E-state index contributed by atoms with van der Waals surface area (Å²) in [6.07, 6.45) is 8.03. The predicted molar refractivity (Wildman–Crippen MR) is 63.0 cm³/mol. The number of nitrogens with zero attached hydrogens (tertiary/aromatic N) is 2. The standard InChI is InChI=1S/C12H21N3/c1-9(2)15-7-6-13-12(15)14-10(3)8-11-4-5-11/h6-7,9-11H,4-5,8H2,1-3H3,(H,13,14). The van der Waals surface area contributed by atoms with E-state index < -0.39 is 0 Å². The lowest BCUT2D eigenvalue weighted by atomic mass is 10.2. The first-order valence-electron chi connectivity index (χ1n) is 5.96. The Kier molecular flexibility index (Phi) is 2.98. The Balaban J connectivity index is 1.93. The lowest BCUT2D eigenvalue weighted by Crippen LogP contribution is -2.19. The zero-order valence-corrected chi connectivity index (χ0v) is 9.90. The highest BCUT2D eigenvalue weighted by Crippen LogP contribution is 2.34. The van der Waals surface area contributed by atoms with Gasteiger partial charge < -0.3 is 9.88 Å². The third-order valence-corrected chi connectivity index (χ3v) is 2.98. The molecule has 1 atom stereocenters. The minimum absolute atomic E-state index is 0.475. The van der Waals surface area contributed by atoms with E-state index in [0.717, 1.165) is 11.9 Å². The average Bonchev–Trinajstić information content (AvgIpc) is 2.82. The zero-order chi connectivity index (χ0) is 10.8. The van der Waals surface area contributed by atoms with Gasteiger partial charge in [0.25, 0.3) is 0 Å². The molecule has 1 unspecified atom stereocenters. The van der Waals surface area contributed by atoms with Crippen LogP contribution < -0.4 is 5.32 Å². The number of nitrogens with one attached hydrogen (secondary N) is 1.